The van der Waals surface area contributed by atoms with Crippen LogP contribution in [0.3, 0.4) is 0 Å². The molecule has 0 saturated heterocycles. The maximum atomic E-state index is 12.3. The summed E-state index contributed by atoms with van der Waals surface area (Å²) in [6.45, 7) is 0.253. The lowest BCUT2D eigenvalue weighted by atomic mass is 10.2. The summed E-state index contributed by atoms with van der Waals surface area (Å²) in [4.78, 5) is 35.7. The number of thiophene rings is 1. The molecule has 160 valence electrons. The predicted molar refractivity (Wildman–Crippen MR) is 122 cm³/mol. The van der Waals surface area contributed by atoms with Gasteiger partial charge in [0.1, 0.15) is 0 Å². The molecule has 2 aromatic heterocycles. The average Bonchev–Trinajstić information content (AvgIpc) is 3.40. The quantitative estimate of drug-likeness (QED) is 0.268. The van der Waals surface area contributed by atoms with Crippen molar-refractivity contribution in [3.8, 4) is 11.8 Å². The molecule has 2 aromatic carbocycles. The molecular weight excluding hydrogens is 430 g/mol. The number of aryl methyl sites for hydroxylation is 1. The number of carbonyl (C=O) groups is 1. The van der Waals surface area contributed by atoms with Crippen molar-refractivity contribution < 1.29 is 14.1 Å². The Bertz CT molecular complexity index is 1410. The van der Waals surface area contributed by atoms with Gasteiger partial charge in [0.05, 0.1) is 21.4 Å². The first-order chi connectivity index (χ1) is 15.5. The second kappa shape index (κ2) is 9.32. The van der Waals surface area contributed by atoms with Gasteiger partial charge in [0.15, 0.2) is 5.58 Å². The van der Waals surface area contributed by atoms with Crippen LogP contribution in [-0.2, 0) is 11.3 Å². The third kappa shape index (κ3) is 4.94. The monoisotopic (exact) mass is 447 g/mol. The Balaban J connectivity index is 1.36. The molecule has 32 heavy (non-hydrogen) atoms. The first-order valence-electron chi connectivity index (χ1n) is 9.73. The van der Waals surface area contributed by atoms with Gasteiger partial charge in [-0.05, 0) is 42.1 Å². The van der Waals surface area contributed by atoms with Crippen LogP contribution in [0.25, 0.3) is 11.1 Å². The van der Waals surface area contributed by atoms with E-state index in [1.54, 1.807) is 23.5 Å². The van der Waals surface area contributed by atoms with Crippen LogP contribution in [0.1, 0.15) is 23.3 Å². The summed E-state index contributed by atoms with van der Waals surface area (Å²) in [6, 6.07) is 15.2. The van der Waals surface area contributed by atoms with Crippen molar-refractivity contribution in [1.82, 2.24) is 4.57 Å². The van der Waals surface area contributed by atoms with E-state index in [0.29, 0.717) is 17.6 Å². The van der Waals surface area contributed by atoms with E-state index >= 15 is 0 Å². The molecule has 4 rings (SSSR count). The second-order valence-corrected chi connectivity index (χ2v) is 7.84. The zero-order valence-corrected chi connectivity index (χ0v) is 17.6. The van der Waals surface area contributed by atoms with Crippen molar-refractivity contribution in [1.29, 1.82) is 0 Å². The molecule has 9 heteroatoms. The van der Waals surface area contributed by atoms with Crippen LogP contribution in [0.5, 0.6) is 0 Å². The number of hydrogen-bond donors (Lipinski definition) is 1. The van der Waals surface area contributed by atoms with Crippen molar-refractivity contribution >= 4 is 39.7 Å². The molecular formula is C23H17N3O5S. The molecule has 0 radical (unpaired) electrons. The lowest BCUT2D eigenvalue weighted by Gasteiger charge is -2.06. The molecule has 0 saturated carbocycles. The van der Waals surface area contributed by atoms with E-state index in [4.69, 9.17) is 4.42 Å². The third-order valence-corrected chi connectivity index (χ3v) is 5.43. The summed E-state index contributed by atoms with van der Waals surface area (Å²) < 4.78 is 6.46. The average molecular weight is 447 g/mol. The number of aromatic nitrogens is 1. The number of hydrogen-bond acceptors (Lipinski definition) is 6. The van der Waals surface area contributed by atoms with Crippen LogP contribution in [0.4, 0.5) is 11.4 Å². The van der Waals surface area contributed by atoms with Gasteiger partial charge in [0, 0.05) is 30.3 Å². The van der Waals surface area contributed by atoms with Gasteiger partial charge in [-0.3, -0.25) is 19.5 Å². The van der Waals surface area contributed by atoms with Crippen molar-refractivity contribution in [2.75, 3.05) is 5.32 Å². The second-order valence-electron chi connectivity index (χ2n) is 6.89. The van der Waals surface area contributed by atoms with Gasteiger partial charge in [-0.1, -0.05) is 24.0 Å². The Morgan fingerprint density at radius 2 is 2.03 bits per heavy atom. The van der Waals surface area contributed by atoms with Crippen LogP contribution < -0.4 is 11.1 Å². The van der Waals surface area contributed by atoms with Crippen molar-refractivity contribution in [3.05, 3.63) is 91.1 Å². The van der Waals surface area contributed by atoms with Gasteiger partial charge < -0.3 is 9.73 Å². The van der Waals surface area contributed by atoms with E-state index in [1.807, 2.05) is 29.6 Å². The van der Waals surface area contributed by atoms with Gasteiger partial charge in [-0.15, -0.1) is 11.3 Å². The molecule has 4 aromatic rings. The van der Waals surface area contributed by atoms with Crippen molar-refractivity contribution in [2.24, 2.45) is 0 Å². The number of benzene rings is 2. The largest absolute Gasteiger partial charge is 0.419 e. The van der Waals surface area contributed by atoms with Gasteiger partial charge in [0.2, 0.25) is 5.91 Å². The minimum absolute atomic E-state index is 0.147. The highest BCUT2D eigenvalue weighted by Gasteiger charge is 2.14. The molecule has 0 aliphatic heterocycles. The number of rotatable bonds is 6. The Morgan fingerprint density at radius 1 is 1.16 bits per heavy atom. The highest BCUT2D eigenvalue weighted by Crippen LogP contribution is 2.20. The van der Waals surface area contributed by atoms with Crippen molar-refractivity contribution in [3.63, 3.8) is 0 Å². The number of fused-ring (bicyclic) bond motifs is 1. The number of oxazole rings is 1. The summed E-state index contributed by atoms with van der Waals surface area (Å²) in [6.07, 6.45) is 0.590. The van der Waals surface area contributed by atoms with Gasteiger partial charge in [0.25, 0.3) is 5.69 Å². The predicted octanol–water partition coefficient (Wildman–Crippen LogP) is 4.38. The summed E-state index contributed by atoms with van der Waals surface area (Å²) in [5.41, 5.74) is 1.89. The van der Waals surface area contributed by atoms with Crippen LogP contribution >= 0.6 is 11.3 Å². The van der Waals surface area contributed by atoms with Gasteiger partial charge in [-0.2, -0.15) is 0 Å². The highest BCUT2D eigenvalue weighted by molar-refractivity contribution is 7.10. The number of nitro groups is 1. The Labute approximate surface area is 186 Å². The molecule has 0 unspecified atom stereocenters. The summed E-state index contributed by atoms with van der Waals surface area (Å²) in [7, 11) is 0. The highest BCUT2D eigenvalue weighted by atomic mass is 32.1. The molecule has 0 spiro atoms. The fourth-order valence-electron chi connectivity index (χ4n) is 3.16. The standard InChI is InChI=1S/C23H17N3O5S/c27-22(24-17-5-1-4-16(14-17)8-10-19-6-3-13-32-19)7-2-12-25-20-11-9-18(26(29)30)15-21(20)31-23(25)28/h1,3-6,9,11,13-15H,2,7,12H2,(H,24,27). The smallest absolute Gasteiger partial charge is 0.407 e. The molecule has 1 amide bonds. The lowest BCUT2D eigenvalue weighted by Crippen LogP contribution is -2.17. The molecule has 0 aliphatic carbocycles. The van der Waals surface area contributed by atoms with E-state index in [-0.39, 0.29) is 30.1 Å². The van der Waals surface area contributed by atoms with E-state index in [9.17, 15) is 19.7 Å². The molecule has 0 atom stereocenters. The number of anilines is 1. The number of nitro benzene ring substituents is 1. The maximum Gasteiger partial charge on any atom is 0.419 e. The van der Waals surface area contributed by atoms with E-state index in [0.717, 1.165) is 10.4 Å². The molecule has 2 heterocycles. The Kier molecular flexibility index (Phi) is 6.14. The number of non-ortho nitro benzene ring substituents is 1. The maximum absolute atomic E-state index is 12.3. The van der Waals surface area contributed by atoms with E-state index in [1.165, 1.54) is 22.8 Å². The van der Waals surface area contributed by atoms with Gasteiger partial charge >= 0.3 is 5.76 Å². The molecule has 0 fully saturated rings. The van der Waals surface area contributed by atoms with E-state index < -0.39 is 10.7 Å². The SMILES string of the molecule is O=C(CCCn1c(=O)oc2cc([N+](=O)[O-])ccc21)Nc1cccc(C#Cc2cccs2)c1. The molecule has 0 bridgehead atoms. The molecule has 0 aliphatic rings. The summed E-state index contributed by atoms with van der Waals surface area (Å²) in [5.74, 6) is 5.35. The Hall–Kier alpha value is -4.16. The van der Waals surface area contributed by atoms with Crippen LogP contribution in [-0.4, -0.2) is 15.4 Å². The number of amides is 1. The zero-order chi connectivity index (χ0) is 22.5. The van der Waals surface area contributed by atoms with Crippen LogP contribution in [0.2, 0.25) is 0 Å². The summed E-state index contributed by atoms with van der Waals surface area (Å²) >= 11 is 1.56. The molecule has 1 N–H and O–H groups in total. The fraction of sp³-hybridized carbons (Fsp3) is 0.130. The minimum Gasteiger partial charge on any atom is -0.407 e. The fourth-order valence-corrected chi connectivity index (χ4v) is 3.73. The minimum atomic E-state index is -0.613. The Morgan fingerprint density at radius 3 is 2.81 bits per heavy atom. The number of nitrogens with one attached hydrogen (secondary N) is 1. The van der Waals surface area contributed by atoms with Crippen molar-refractivity contribution in [2.45, 2.75) is 19.4 Å². The topological polar surface area (TPSA) is 107 Å². The normalized spacial score (nSPS) is 10.5. The van der Waals surface area contributed by atoms with Crippen LogP contribution in [0, 0.1) is 22.0 Å². The third-order valence-electron chi connectivity index (χ3n) is 4.65. The molecule has 8 nitrogen and oxygen atoms in total. The van der Waals surface area contributed by atoms with E-state index in [2.05, 4.69) is 17.2 Å². The lowest BCUT2D eigenvalue weighted by molar-refractivity contribution is -0.384. The first kappa shape index (κ1) is 21.1. The number of carbonyl (C=O) groups excluding carboxylic acids is 1. The van der Waals surface area contributed by atoms with Gasteiger partial charge in [-0.25, -0.2) is 4.79 Å². The van der Waals surface area contributed by atoms with Crippen LogP contribution in [0.15, 0.2) is 69.2 Å². The zero-order valence-electron chi connectivity index (χ0n) is 16.7. The number of nitrogens with zero attached hydrogens (tertiary/aromatic N) is 2. The summed E-state index contributed by atoms with van der Waals surface area (Å²) in [5, 5.41) is 15.7. The first-order valence-corrected chi connectivity index (χ1v) is 10.6.